The highest BCUT2D eigenvalue weighted by molar-refractivity contribution is 7.99. The van der Waals surface area contributed by atoms with E-state index in [4.69, 9.17) is 11.5 Å². The molecule has 0 aliphatic carbocycles. The Bertz CT molecular complexity index is 346. The molecule has 0 bridgehead atoms. The van der Waals surface area contributed by atoms with Crippen molar-refractivity contribution in [1.29, 1.82) is 0 Å². The Morgan fingerprint density at radius 1 is 1.53 bits per heavy atom. The van der Waals surface area contributed by atoms with Crippen molar-refractivity contribution >= 4 is 17.7 Å². The Balaban J connectivity index is 2.35. The average Bonchev–Trinajstić information content (AvgIpc) is 2.17. The number of nitrogens with two attached hydrogens (primary N) is 2. The SMILES string of the molecule is NC(=O)C(N)CCSc1cccc(F)c1. The minimum Gasteiger partial charge on any atom is -0.368 e. The number of carbonyl (C=O) groups is 1. The van der Waals surface area contributed by atoms with Crippen LogP contribution in [0.2, 0.25) is 0 Å². The van der Waals surface area contributed by atoms with E-state index in [0.29, 0.717) is 12.2 Å². The van der Waals surface area contributed by atoms with Crippen molar-refractivity contribution < 1.29 is 9.18 Å². The molecule has 1 unspecified atom stereocenters. The van der Waals surface area contributed by atoms with Crippen LogP contribution in [0.5, 0.6) is 0 Å². The second-order valence-corrected chi connectivity index (χ2v) is 4.27. The van der Waals surface area contributed by atoms with Gasteiger partial charge in [0.05, 0.1) is 6.04 Å². The van der Waals surface area contributed by atoms with E-state index in [-0.39, 0.29) is 5.82 Å². The van der Waals surface area contributed by atoms with Crippen LogP contribution in [0.25, 0.3) is 0 Å². The van der Waals surface area contributed by atoms with E-state index < -0.39 is 11.9 Å². The normalized spacial score (nSPS) is 12.4. The maximum absolute atomic E-state index is 12.8. The molecule has 1 rings (SSSR count). The van der Waals surface area contributed by atoms with Crippen LogP contribution < -0.4 is 11.5 Å². The van der Waals surface area contributed by atoms with Gasteiger partial charge >= 0.3 is 0 Å². The van der Waals surface area contributed by atoms with Gasteiger partial charge in [0.15, 0.2) is 0 Å². The van der Waals surface area contributed by atoms with Gasteiger partial charge in [0.25, 0.3) is 0 Å². The monoisotopic (exact) mass is 228 g/mol. The molecule has 0 fully saturated rings. The summed E-state index contributed by atoms with van der Waals surface area (Å²) in [4.78, 5) is 11.4. The highest BCUT2D eigenvalue weighted by Gasteiger charge is 2.08. The molecule has 1 atom stereocenters. The number of thioether (sulfide) groups is 1. The minimum atomic E-state index is -0.619. The van der Waals surface area contributed by atoms with Crippen molar-refractivity contribution in [3.63, 3.8) is 0 Å². The molecule has 0 heterocycles. The van der Waals surface area contributed by atoms with Gasteiger partial charge in [-0.2, -0.15) is 0 Å². The second-order valence-electron chi connectivity index (χ2n) is 3.10. The first kappa shape index (κ1) is 12.0. The molecule has 82 valence electrons. The fraction of sp³-hybridized carbons (Fsp3) is 0.300. The van der Waals surface area contributed by atoms with Crippen molar-refractivity contribution in [2.24, 2.45) is 11.5 Å². The first-order chi connectivity index (χ1) is 7.09. The summed E-state index contributed by atoms with van der Waals surface area (Å²) >= 11 is 1.45. The predicted octanol–water partition coefficient (Wildman–Crippen LogP) is 1.12. The van der Waals surface area contributed by atoms with Crippen LogP contribution in [-0.2, 0) is 4.79 Å². The van der Waals surface area contributed by atoms with Crippen molar-refractivity contribution in [3.05, 3.63) is 30.1 Å². The Morgan fingerprint density at radius 2 is 2.27 bits per heavy atom. The zero-order valence-corrected chi connectivity index (χ0v) is 8.97. The summed E-state index contributed by atoms with van der Waals surface area (Å²) in [6, 6.07) is 5.67. The minimum absolute atomic E-state index is 0.265. The third kappa shape index (κ3) is 4.31. The van der Waals surface area contributed by atoms with Gasteiger partial charge in [0.2, 0.25) is 5.91 Å². The maximum atomic E-state index is 12.8. The summed E-state index contributed by atoms with van der Waals surface area (Å²) in [6.45, 7) is 0. The number of hydrogen-bond acceptors (Lipinski definition) is 3. The number of carbonyl (C=O) groups excluding carboxylic acids is 1. The summed E-state index contributed by atoms with van der Waals surface area (Å²) in [5.41, 5.74) is 10.5. The van der Waals surface area contributed by atoms with Crippen LogP contribution in [0.15, 0.2) is 29.2 Å². The van der Waals surface area contributed by atoms with Crippen LogP contribution >= 0.6 is 11.8 Å². The quantitative estimate of drug-likeness (QED) is 0.742. The fourth-order valence-corrected chi connectivity index (χ4v) is 1.98. The van der Waals surface area contributed by atoms with Gasteiger partial charge in [-0.05, 0) is 30.4 Å². The predicted molar refractivity (Wildman–Crippen MR) is 58.9 cm³/mol. The first-order valence-electron chi connectivity index (χ1n) is 4.53. The number of benzene rings is 1. The number of amides is 1. The highest BCUT2D eigenvalue weighted by Crippen LogP contribution is 2.19. The molecule has 1 amide bonds. The maximum Gasteiger partial charge on any atom is 0.234 e. The summed E-state index contributed by atoms with van der Waals surface area (Å²) in [6.07, 6.45) is 0.497. The van der Waals surface area contributed by atoms with E-state index in [1.807, 2.05) is 6.07 Å². The number of primary amides is 1. The molecule has 0 aliphatic heterocycles. The van der Waals surface area contributed by atoms with Crippen LogP contribution in [0.4, 0.5) is 4.39 Å². The fourth-order valence-electron chi connectivity index (χ4n) is 1.00. The lowest BCUT2D eigenvalue weighted by molar-refractivity contribution is -0.119. The molecule has 1 aromatic rings. The molecule has 5 heteroatoms. The van der Waals surface area contributed by atoms with Gasteiger partial charge in [-0.3, -0.25) is 4.79 Å². The molecule has 0 spiro atoms. The van der Waals surface area contributed by atoms with E-state index in [1.165, 1.54) is 23.9 Å². The number of halogens is 1. The zero-order chi connectivity index (χ0) is 11.3. The van der Waals surface area contributed by atoms with Crippen LogP contribution in [0.1, 0.15) is 6.42 Å². The topological polar surface area (TPSA) is 69.1 Å². The van der Waals surface area contributed by atoms with E-state index in [2.05, 4.69) is 0 Å². The molecule has 3 nitrogen and oxygen atoms in total. The molecule has 0 aromatic heterocycles. The van der Waals surface area contributed by atoms with Crippen molar-refractivity contribution in [3.8, 4) is 0 Å². The van der Waals surface area contributed by atoms with Crippen molar-refractivity contribution in [2.75, 3.05) is 5.75 Å². The number of rotatable bonds is 5. The molecule has 0 saturated heterocycles. The molecular formula is C10H13FN2OS. The molecule has 0 aliphatic rings. The molecular weight excluding hydrogens is 215 g/mol. The number of hydrogen-bond donors (Lipinski definition) is 2. The second kappa shape index (κ2) is 5.72. The van der Waals surface area contributed by atoms with Crippen LogP contribution in [0.3, 0.4) is 0 Å². The average molecular weight is 228 g/mol. The van der Waals surface area contributed by atoms with Gasteiger partial charge in [-0.25, -0.2) is 4.39 Å². The van der Waals surface area contributed by atoms with Gasteiger partial charge in [-0.15, -0.1) is 11.8 Å². The van der Waals surface area contributed by atoms with Crippen molar-refractivity contribution in [2.45, 2.75) is 17.4 Å². The molecule has 1 aromatic carbocycles. The third-order valence-electron chi connectivity index (χ3n) is 1.86. The largest absolute Gasteiger partial charge is 0.368 e. The first-order valence-corrected chi connectivity index (χ1v) is 5.51. The van der Waals surface area contributed by atoms with Crippen LogP contribution in [-0.4, -0.2) is 17.7 Å². The van der Waals surface area contributed by atoms with Crippen LogP contribution in [0, 0.1) is 5.82 Å². The van der Waals surface area contributed by atoms with Crippen molar-refractivity contribution in [1.82, 2.24) is 0 Å². The zero-order valence-electron chi connectivity index (χ0n) is 8.15. The van der Waals surface area contributed by atoms with Gasteiger partial charge in [-0.1, -0.05) is 6.07 Å². The Hall–Kier alpha value is -1.07. The van der Waals surface area contributed by atoms with E-state index >= 15 is 0 Å². The molecule has 4 N–H and O–H groups in total. The lowest BCUT2D eigenvalue weighted by Gasteiger charge is -2.06. The highest BCUT2D eigenvalue weighted by atomic mass is 32.2. The lowest BCUT2D eigenvalue weighted by Crippen LogP contribution is -2.36. The smallest absolute Gasteiger partial charge is 0.234 e. The van der Waals surface area contributed by atoms with Gasteiger partial charge in [0.1, 0.15) is 5.82 Å². The summed E-state index contributed by atoms with van der Waals surface area (Å²) < 4.78 is 12.8. The lowest BCUT2D eigenvalue weighted by atomic mass is 10.2. The van der Waals surface area contributed by atoms with E-state index in [0.717, 1.165) is 4.90 Å². The molecule has 15 heavy (non-hydrogen) atoms. The molecule has 0 saturated carbocycles. The summed E-state index contributed by atoms with van der Waals surface area (Å²) in [5.74, 6) is -0.123. The van der Waals surface area contributed by atoms with E-state index in [9.17, 15) is 9.18 Å². The standard InChI is InChI=1S/C10H13FN2OS/c11-7-2-1-3-8(6-7)15-5-4-9(12)10(13)14/h1-3,6,9H,4-5,12H2,(H2,13,14). The van der Waals surface area contributed by atoms with E-state index in [1.54, 1.807) is 6.07 Å². The summed E-state index contributed by atoms with van der Waals surface area (Å²) in [7, 11) is 0. The Morgan fingerprint density at radius 3 is 2.87 bits per heavy atom. The van der Waals surface area contributed by atoms with Gasteiger partial charge in [0, 0.05) is 4.90 Å². The Labute approximate surface area is 92.0 Å². The van der Waals surface area contributed by atoms with Gasteiger partial charge < -0.3 is 11.5 Å². The Kier molecular flexibility index (Phi) is 4.58. The summed E-state index contributed by atoms with van der Waals surface area (Å²) in [5, 5.41) is 0. The third-order valence-corrected chi connectivity index (χ3v) is 2.89. The molecule has 0 radical (unpaired) electrons.